The third kappa shape index (κ3) is 1.66. The van der Waals surface area contributed by atoms with Crippen LogP contribution in [0.25, 0.3) is 0 Å². The van der Waals surface area contributed by atoms with E-state index in [-0.39, 0.29) is 11.2 Å². The zero-order valence-corrected chi connectivity index (χ0v) is 12.4. The Morgan fingerprint density at radius 2 is 2.05 bits per heavy atom. The normalized spacial score (nSPS) is 37.8. The third-order valence-corrected chi connectivity index (χ3v) is 6.53. The van der Waals surface area contributed by atoms with Crippen LogP contribution in [0.15, 0.2) is 12.1 Å². The largest absolute Gasteiger partial charge is 0.505 e. The van der Waals surface area contributed by atoms with Gasteiger partial charge < -0.3 is 5.11 Å². The molecule has 2 fully saturated rings. The summed E-state index contributed by atoms with van der Waals surface area (Å²) in [5.74, 6) is 1.12. The lowest BCUT2D eigenvalue weighted by Crippen LogP contribution is -2.42. The molecule has 0 radical (unpaired) electrons. The summed E-state index contributed by atoms with van der Waals surface area (Å²) < 4.78 is 14.1. The molecule has 0 heterocycles. The fourth-order valence-corrected chi connectivity index (χ4v) is 5.38. The van der Waals surface area contributed by atoms with Gasteiger partial charge in [0.15, 0.2) is 11.6 Å². The van der Waals surface area contributed by atoms with Gasteiger partial charge >= 0.3 is 0 Å². The van der Waals surface area contributed by atoms with Crippen LogP contribution in [0.3, 0.4) is 0 Å². The zero-order valence-electron chi connectivity index (χ0n) is 12.4. The number of benzene rings is 1. The van der Waals surface area contributed by atoms with Gasteiger partial charge in [0, 0.05) is 11.8 Å². The first-order chi connectivity index (χ1) is 10.0. The summed E-state index contributed by atoms with van der Waals surface area (Å²) in [5.41, 5.74) is 1.67. The quantitative estimate of drug-likeness (QED) is 0.784. The van der Waals surface area contributed by atoms with Crippen LogP contribution in [0, 0.1) is 23.1 Å². The monoisotopic (exact) mass is 288 g/mol. The number of Topliss-reactive ketones (excluding diaryl/α,β-unsaturated/α-hetero) is 1. The van der Waals surface area contributed by atoms with Gasteiger partial charge in [0.2, 0.25) is 0 Å². The van der Waals surface area contributed by atoms with Crippen LogP contribution >= 0.6 is 0 Å². The molecule has 4 atom stereocenters. The van der Waals surface area contributed by atoms with E-state index in [0.29, 0.717) is 35.5 Å². The molecule has 112 valence electrons. The predicted octanol–water partition coefficient (Wildman–Crippen LogP) is 3.96. The highest BCUT2D eigenvalue weighted by molar-refractivity contribution is 5.87. The minimum absolute atomic E-state index is 0.131. The molecule has 0 aromatic heterocycles. The Labute approximate surface area is 124 Å². The maximum atomic E-state index is 14.1. The number of phenols is 1. The summed E-state index contributed by atoms with van der Waals surface area (Å²) in [7, 11) is 0. The third-order valence-electron chi connectivity index (χ3n) is 6.53. The van der Waals surface area contributed by atoms with E-state index in [1.165, 1.54) is 6.07 Å². The minimum atomic E-state index is -0.429. The van der Waals surface area contributed by atoms with Crippen molar-refractivity contribution in [2.24, 2.45) is 17.3 Å². The van der Waals surface area contributed by atoms with E-state index in [1.807, 2.05) is 6.07 Å². The summed E-state index contributed by atoms with van der Waals surface area (Å²) in [6.07, 6.45) is 5.27. The molecule has 3 aliphatic carbocycles. The summed E-state index contributed by atoms with van der Waals surface area (Å²) in [4.78, 5) is 12.3. The average molecular weight is 288 g/mol. The first-order valence-electron chi connectivity index (χ1n) is 8.06. The van der Waals surface area contributed by atoms with Gasteiger partial charge in [0.05, 0.1) is 0 Å². The number of carbonyl (C=O) groups is 1. The van der Waals surface area contributed by atoms with Crippen molar-refractivity contribution in [3.8, 4) is 5.75 Å². The molecule has 0 saturated heterocycles. The van der Waals surface area contributed by atoms with Crippen molar-refractivity contribution >= 4 is 5.78 Å². The Balaban J connectivity index is 1.75. The molecule has 0 aliphatic heterocycles. The molecular weight excluding hydrogens is 267 g/mol. The van der Waals surface area contributed by atoms with E-state index >= 15 is 0 Å². The molecule has 2 saturated carbocycles. The van der Waals surface area contributed by atoms with Crippen molar-refractivity contribution in [2.75, 3.05) is 0 Å². The second-order valence-corrected chi connectivity index (χ2v) is 7.30. The number of aromatic hydroxyl groups is 1. The van der Waals surface area contributed by atoms with Gasteiger partial charge in [-0.15, -0.1) is 0 Å². The van der Waals surface area contributed by atoms with Gasteiger partial charge in [-0.3, -0.25) is 4.79 Å². The number of fused-ring (bicyclic) bond motifs is 5. The molecule has 3 heteroatoms. The number of hydrogen-bond acceptors (Lipinski definition) is 2. The molecule has 0 unspecified atom stereocenters. The molecule has 0 amide bonds. The van der Waals surface area contributed by atoms with Crippen molar-refractivity contribution in [2.45, 2.75) is 51.4 Å². The van der Waals surface area contributed by atoms with E-state index in [2.05, 4.69) is 6.92 Å². The highest BCUT2D eigenvalue weighted by atomic mass is 19.1. The van der Waals surface area contributed by atoms with Gasteiger partial charge in [-0.1, -0.05) is 13.0 Å². The van der Waals surface area contributed by atoms with E-state index in [1.54, 1.807) is 0 Å². The number of hydrogen-bond donors (Lipinski definition) is 1. The molecule has 1 aromatic rings. The SMILES string of the molecule is C[C@]12CC[C@@H]3c4ccc(O)c(F)c4CC[C@H]3[C@@H]1CCC2=O. The van der Waals surface area contributed by atoms with Crippen LogP contribution in [-0.4, -0.2) is 10.9 Å². The molecular formula is C18H21FO2. The van der Waals surface area contributed by atoms with Gasteiger partial charge in [-0.05, 0) is 67.1 Å². The fourth-order valence-electron chi connectivity index (χ4n) is 5.38. The highest BCUT2D eigenvalue weighted by Crippen LogP contribution is 2.59. The lowest BCUT2D eigenvalue weighted by atomic mass is 9.55. The molecule has 1 aromatic carbocycles. The Hall–Kier alpha value is -1.38. The predicted molar refractivity (Wildman–Crippen MR) is 77.7 cm³/mol. The number of phenolic OH excluding ortho intramolecular Hbond substituents is 1. The van der Waals surface area contributed by atoms with Crippen LogP contribution in [-0.2, 0) is 11.2 Å². The number of rotatable bonds is 0. The van der Waals surface area contributed by atoms with E-state index in [0.717, 1.165) is 37.7 Å². The van der Waals surface area contributed by atoms with Crippen molar-refractivity contribution in [1.29, 1.82) is 0 Å². The Bertz CT molecular complexity index is 624. The lowest BCUT2D eigenvalue weighted by Gasteiger charge is -2.48. The van der Waals surface area contributed by atoms with Crippen molar-refractivity contribution in [3.63, 3.8) is 0 Å². The Morgan fingerprint density at radius 3 is 2.86 bits per heavy atom. The standard InChI is InChI=1S/C18H21FO2/c1-18-9-8-11-10-4-6-15(20)17(19)13(10)3-2-12(11)14(18)5-7-16(18)21/h4,6,11-12,14,20H,2-3,5,7-9H2,1H3/t11-,12-,14+,18+/m1/s1. The van der Waals surface area contributed by atoms with Gasteiger partial charge in [0.1, 0.15) is 5.78 Å². The first-order valence-corrected chi connectivity index (χ1v) is 8.06. The maximum absolute atomic E-state index is 14.1. The van der Waals surface area contributed by atoms with Crippen molar-refractivity contribution < 1.29 is 14.3 Å². The van der Waals surface area contributed by atoms with Crippen LogP contribution in [0.1, 0.15) is 56.1 Å². The topological polar surface area (TPSA) is 37.3 Å². The van der Waals surface area contributed by atoms with E-state index < -0.39 is 5.82 Å². The summed E-state index contributed by atoms with van der Waals surface area (Å²) in [6.45, 7) is 2.15. The van der Waals surface area contributed by atoms with Crippen LogP contribution in [0.2, 0.25) is 0 Å². The number of halogens is 1. The smallest absolute Gasteiger partial charge is 0.168 e. The minimum Gasteiger partial charge on any atom is -0.505 e. The van der Waals surface area contributed by atoms with Gasteiger partial charge in [-0.25, -0.2) is 4.39 Å². The number of ketones is 1. The summed E-state index contributed by atoms with van der Waals surface area (Å²) >= 11 is 0. The highest BCUT2D eigenvalue weighted by Gasteiger charge is 2.54. The molecule has 0 spiro atoms. The first kappa shape index (κ1) is 13.3. The molecule has 1 N–H and O–H groups in total. The van der Waals surface area contributed by atoms with Crippen LogP contribution in [0.5, 0.6) is 5.75 Å². The average Bonchev–Trinajstić information content (AvgIpc) is 2.78. The van der Waals surface area contributed by atoms with Crippen molar-refractivity contribution in [1.82, 2.24) is 0 Å². The molecule has 21 heavy (non-hydrogen) atoms. The van der Waals surface area contributed by atoms with Crippen molar-refractivity contribution in [3.05, 3.63) is 29.1 Å². The lowest BCUT2D eigenvalue weighted by molar-refractivity contribution is -0.129. The van der Waals surface area contributed by atoms with Gasteiger partial charge in [-0.2, -0.15) is 0 Å². The molecule has 4 rings (SSSR count). The second-order valence-electron chi connectivity index (χ2n) is 7.30. The Kier molecular flexibility index (Phi) is 2.73. The Morgan fingerprint density at radius 1 is 1.24 bits per heavy atom. The molecule has 0 bridgehead atoms. The van der Waals surface area contributed by atoms with Gasteiger partial charge in [0.25, 0.3) is 0 Å². The van der Waals surface area contributed by atoms with E-state index in [4.69, 9.17) is 0 Å². The maximum Gasteiger partial charge on any atom is 0.168 e. The van der Waals surface area contributed by atoms with Crippen LogP contribution < -0.4 is 0 Å². The zero-order chi connectivity index (χ0) is 14.8. The summed E-state index contributed by atoms with van der Waals surface area (Å²) in [6, 6.07) is 3.40. The fraction of sp³-hybridized carbons (Fsp3) is 0.611. The van der Waals surface area contributed by atoms with Crippen LogP contribution in [0.4, 0.5) is 4.39 Å². The summed E-state index contributed by atoms with van der Waals surface area (Å²) in [5, 5.41) is 9.58. The second kappa shape index (κ2) is 4.31. The molecule has 3 aliphatic rings. The number of carbonyl (C=O) groups excluding carboxylic acids is 1. The van der Waals surface area contributed by atoms with E-state index in [9.17, 15) is 14.3 Å². The molecule has 2 nitrogen and oxygen atoms in total.